The molecule has 0 aliphatic rings. The number of alkyl halides is 3. The quantitative estimate of drug-likeness (QED) is 0.910. The Balaban J connectivity index is 2.27. The lowest BCUT2D eigenvalue weighted by molar-refractivity contribution is -0.141. The number of nitrogens with one attached hydrogen (secondary N) is 1. The van der Waals surface area contributed by atoms with Crippen LogP contribution in [0.1, 0.15) is 29.8 Å². The van der Waals surface area contributed by atoms with Gasteiger partial charge in [0.25, 0.3) is 0 Å². The summed E-state index contributed by atoms with van der Waals surface area (Å²) in [5.41, 5.74) is -0.0598. The number of hydrogen-bond acceptors (Lipinski definition) is 4. The first-order chi connectivity index (χ1) is 9.90. The van der Waals surface area contributed by atoms with Crippen LogP contribution in [-0.4, -0.2) is 15.1 Å². The fourth-order valence-corrected chi connectivity index (χ4v) is 1.83. The van der Waals surface area contributed by atoms with Gasteiger partial charge in [-0.3, -0.25) is 4.98 Å². The minimum absolute atomic E-state index is 0.0604. The van der Waals surface area contributed by atoms with Crippen LogP contribution < -0.4 is 5.32 Å². The van der Waals surface area contributed by atoms with Crippen molar-refractivity contribution in [3.05, 3.63) is 53.5 Å². The molecule has 2 aromatic heterocycles. The molecular weight excluding hydrogens is 283 g/mol. The van der Waals surface area contributed by atoms with E-state index in [1.807, 2.05) is 6.07 Å². The summed E-state index contributed by atoms with van der Waals surface area (Å²) in [7, 11) is 0. The molecule has 0 amide bonds. The van der Waals surface area contributed by atoms with Crippen molar-refractivity contribution in [2.24, 2.45) is 0 Å². The van der Waals surface area contributed by atoms with E-state index in [1.54, 1.807) is 25.4 Å². The molecule has 0 spiro atoms. The number of rotatable bonds is 4. The maximum Gasteiger partial charge on any atom is 0.433 e. The summed E-state index contributed by atoms with van der Waals surface area (Å²) in [6.45, 7) is 1.30. The molecule has 7 heteroatoms. The van der Waals surface area contributed by atoms with Gasteiger partial charge in [-0.05, 0) is 36.2 Å². The molecule has 21 heavy (non-hydrogen) atoms. The lowest BCUT2D eigenvalue weighted by Gasteiger charge is -2.16. The zero-order chi connectivity index (χ0) is 15.5. The summed E-state index contributed by atoms with van der Waals surface area (Å²) < 4.78 is 38.3. The molecule has 2 N–H and O–H groups in total. The highest BCUT2D eigenvalue weighted by molar-refractivity contribution is 5.42. The Kier molecular flexibility index (Phi) is 4.42. The Morgan fingerprint density at radius 2 is 2.10 bits per heavy atom. The van der Waals surface area contributed by atoms with E-state index in [-0.39, 0.29) is 17.4 Å². The van der Waals surface area contributed by atoms with Gasteiger partial charge >= 0.3 is 6.18 Å². The molecule has 0 aromatic carbocycles. The Bertz CT molecular complexity index is 602. The van der Waals surface area contributed by atoms with Crippen LogP contribution in [0.3, 0.4) is 0 Å². The number of anilines is 1. The fourth-order valence-electron chi connectivity index (χ4n) is 1.83. The third kappa shape index (κ3) is 3.91. The van der Waals surface area contributed by atoms with Crippen LogP contribution in [0.5, 0.6) is 0 Å². The predicted octanol–water partition coefficient (Wildman–Crippen LogP) is 3.16. The van der Waals surface area contributed by atoms with Crippen molar-refractivity contribution in [3.63, 3.8) is 0 Å². The van der Waals surface area contributed by atoms with Gasteiger partial charge in [-0.2, -0.15) is 13.2 Å². The van der Waals surface area contributed by atoms with Gasteiger partial charge in [0.1, 0.15) is 11.5 Å². The minimum atomic E-state index is -4.56. The third-order valence-electron chi connectivity index (χ3n) is 2.91. The van der Waals surface area contributed by atoms with Crippen LogP contribution in [0.2, 0.25) is 0 Å². The zero-order valence-corrected chi connectivity index (χ0v) is 11.2. The molecule has 0 aliphatic carbocycles. The lowest BCUT2D eigenvalue weighted by atomic mass is 10.1. The number of aliphatic hydroxyl groups is 1. The fraction of sp³-hybridized carbons (Fsp3) is 0.286. The van der Waals surface area contributed by atoms with Crippen molar-refractivity contribution in [2.75, 3.05) is 5.32 Å². The largest absolute Gasteiger partial charge is 0.433 e. The molecule has 0 aliphatic heterocycles. The minimum Gasteiger partial charge on any atom is -0.392 e. The van der Waals surface area contributed by atoms with Gasteiger partial charge < -0.3 is 10.4 Å². The predicted molar refractivity (Wildman–Crippen MR) is 71.4 cm³/mol. The first-order valence-corrected chi connectivity index (χ1v) is 6.25. The van der Waals surface area contributed by atoms with Gasteiger partial charge in [-0.15, -0.1) is 0 Å². The second kappa shape index (κ2) is 6.09. The molecule has 4 nitrogen and oxygen atoms in total. The van der Waals surface area contributed by atoms with E-state index < -0.39 is 18.5 Å². The van der Waals surface area contributed by atoms with Crippen LogP contribution in [0.15, 0.2) is 36.7 Å². The number of hydrogen-bond donors (Lipinski definition) is 2. The molecule has 112 valence electrons. The van der Waals surface area contributed by atoms with E-state index in [9.17, 15) is 13.2 Å². The molecule has 0 bridgehead atoms. The van der Waals surface area contributed by atoms with Gasteiger partial charge in [0.15, 0.2) is 0 Å². The van der Waals surface area contributed by atoms with E-state index in [4.69, 9.17) is 5.11 Å². The number of halogens is 3. The van der Waals surface area contributed by atoms with Gasteiger partial charge in [0, 0.05) is 12.4 Å². The first-order valence-electron chi connectivity index (χ1n) is 6.25. The standard InChI is InChI=1S/C14H14F3N3O/c1-9(11-3-2-4-18-7-11)19-13-6-10(8-21)5-12(20-13)14(15,16)17/h2-7,9,21H,8H2,1H3,(H,19,20). The lowest BCUT2D eigenvalue weighted by Crippen LogP contribution is -2.13. The van der Waals surface area contributed by atoms with Crippen molar-refractivity contribution in [3.8, 4) is 0 Å². The van der Waals surface area contributed by atoms with E-state index in [0.717, 1.165) is 11.6 Å². The van der Waals surface area contributed by atoms with Crippen molar-refractivity contribution >= 4 is 5.82 Å². The molecule has 0 fully saturated rings. The Morgan fingerprint density at radius 3 is 2.67 bits per heavy atom. The maximum atomic E-state index is 12.8. The second-order valence-electron chi connectivity index (χ2n) is 4.55. The maximum absolute atomic E-state index is 12.8. The van der Waals surface area contributed by atoms with Crippen LogP contribution in [0.25, 0.3) is 0 Å². The Hall–Kier alpha value is -2.15. The highest BCUT2D eigenvalue weighted by Gasteiger charge is 2.33. The van der Waals surface area contributed by atoms with Crippen LogP contribution in [-0.2, 0) is 12.8 Å². The van der Waals surface area contributed by atoms with Crippen molar-refractivity contribution < 1.29 is 18.3 Å². The smallest absolute Gasteiger partial charge is 0.392 e. The SMILES string of the molecule is CC(Nc1cc(CO)cc(C(F)(F)F)n1)c1cccnc1. The second-order valence-corrected chi connectivity index (χ2v) is 4.55. The van der Waals surface area contributed by atoms with Crippen LogP contribution in [0, 0.1) is 0 Å². The summed E-state index contributed by atoms with van der Waals surface area (Å²) in [4.78, 5) is 7.51. The molecule has 2 rings (SSSR count). The monoisotopic (exact) mass is 297 g/mol. The number of aliphatic hydroxyl groups excluding tert-OH is 1. The topological polar surface area (TPSA) is 58.0 Å². The first kappa shape index (κ1) is 15.2. The highest BCUT2D eigenvalue weighted by Crippen LogP contribution is 2.30. The summed E-state index contributed by atoms with van der Waals surface area (Å²) in [5, 5.41) is 12.0. The molecule has 0 saturated heterocycles. The van der Waals surface area contributed by atoms with E-state index in [1.165, 1.54) is 6.07 Å². The molecule has 2 heterocycles. The molecule has 1 atom stereocenters. The summed E-state index contributed by atoms with van der Waals surface area (Å²) in [6.07, 6.45) is -1.32. The van der Waals surface area contributed by atoms with E-state index in [0.29, 0.717) is 0 Å². The van der Waals surface area contributed by atoms with E-state index in [2.05, 4.69) is 15.3 Å². The van der Waals surface area contributed by atoms with Crippen LogP contribution >= 0.6 is 0 Å². The van der Waals surface area contributed by atoms with E-state index >= 15 is 0 Å². The average molecular weight is 297 g/mol. The van der Waals surface area contributed by atoms with Gasteiger partial charge in [-0.25, -0.2) is 4.98 Å². The molecular formula is C14H14F3N3O. The molecule has 1 unspecified atom stereocenters. The van der Waals surface area contributed by atoms with Crippen molar-refractivity contribution in [2.45, 2.75) is 25.7 Å². The molecule has 2 aromatic rings. The highest BCUT2D eigenvalue weighted by atomic mass is 19.4. The normalized spacial score (nSPS) is 13.0. The number of aromatic nitrogens is 2. The zero-order valence-electron chi connectivity index (χ0n) is 11.2. The summed E-state index contributed by atoms with van der Waals surface area (Å²) in [5.74, 6) is 0.0604. The summed E-state index contributed by atoms with van der Waals surface area (Å²) >= 11 is 0. The molecule has 0 radical (unpaired) electrons. The number of pyridine rings is 2. The Labute approximate surface area is 119 Å². The van der Waals surface area contributed by atoms with Gasteiger partial charge in [-0.1, -0.05) is 6.07 Å². The summed E-state index contributed by atoms with van der Waals surface area (Å²) in [6, 6.07) is 5.51. The van der Waals surface area contributed by atoms with Crippen molar-refractivity contribution in [1.29, 1.82) is 0 Å². The van der Waals surface area contributed by atoms with Crippen molar-refractivity contribution in [1.82, 2.24) is 9.97 Å². The van der Waals surface area contributed by atoms with Gasteiger partial charge in [0.05, 0.1) is 12.6 Å². The third-order valence-corrected chi connectivity index (χ3v) is 2.91. The Morgan fingerprint density at radius 1 is 1.33 bits per heavy atom. The van der Waals surface area contributed by atoms with Gasteiger partial charge in [0.2, 0.25) is 0 Å². The number of nitrogens with zero attached hydrogens (tertiary/aromatic N) is 2. The molecule has 0 saturated carbocycles. The average Bonchev–Trinajstić information content (AvgIpc) is 2.46. The van der Waals surface area contributed by atoms with Crippen LogP contribution in [0.4, 0.5) is 19.0 Å².